The van der Waals surface area contributed by atoms with Gasteiger partial charge in [0.05, 0.1) is 18.1 Å². The van der Waals surface area contributed by atoms with Crippen molar-refractivity contribution in [2.45, 2.75) is 6.42 Å². The van der Waals surface area contributed by atoms with Crippen molar-refractivity contribution < 1.29 is 14.3 Å². The third kappa shape index (κ3) is 2.21. The van der Waals surface area contributed by atoms with Gasteiger partial charge in [0.2, 0.25) is 0 Å². The average molecular weight is 214 g/mol. The van der Waals surface area contributed by atoms with Gasteiger partial charge in [0.1, 0.15) is 5.82 Å². The van der Waals surface area contributed by atoms with E-state index in [9.17, 15) is 9.18 Å². The summed E-state index contributed by atoms with van der Waals surface area (Å²) in [6, 6.07) is 3.64. The fraction of sp³-hybridized carbons (Fsp3) is 0.111. The third-order valence-electron chi connectivity index (χ3n) is 1.61. The first-order valence-electron chi connectivity index (χ1n) is 3.64. The van der Waals surface area contributed by atoms with Crippen molar-refractivity contribution in [2.75, 3.05) is 0 Å². The number of carboxylic acids is 1. The molecule has 0 aliphatic rings. The van der Waals surface area contributed by atoms with Crippen LogP contribution in [0.3, 0.4) is 0 Å². The monoisotopic (exact) mass is 213 g/mol. The third-order valence-corrected chi connectivity index (χ3v) is 1.95. The quantitative estimate of drug-likeness (QED) is 0.817. The standard InChI is InChI=1S/C9H5ClFNO2/c10-8-2-6(11)1-5(4-12)7(8)3-9(13)14/h1-2H,3H2,(H,13,14). The molecule has 72 valence electrons. The topological polar surface area (TPSA) is 61.1 Å². The number of carboxylic acid groups (broad SMARTS) is 1. The van der Waals surface area contributed by atoms with E-state index in [0.29, 0.717) is 0 Å². The highest BCUT2D eigenvalue weighted by Crippen LogP contribution is 2.22. The van der Waals surface area contributed by atoms with E-state index < -0.39 is 11.8 Å². The zero-order valence-electron chi connectivity index (χ0n) is 6.92. The SMILES string of the molecule is N#Cc1cc(F)cc(Cl)c1CC(=O)O. The predicted octanol–water partition coefficient (Wildman–Crippen LogP) is 1.98. The molecule has 0 spiro atoms. The zero-order valence-corrected chi connectivity index (χ0v) is 7.68. The molecule has 0 saturated carbocycles. The number of carbonyl (C=O) groups is 1. The van der Waals surface area contributed by atoms with Gasteiger partial charge in [0, 0.05) is 5.02 Å². The normalized spacial score (nSPS) is 9.50. The number of nitrogens with zero attached hydrogens (tertiary/aromatic N) is 1. The van der Waals surface area contributed by atoms with Crippen LogP contribution < -0.4 is 0 Å². The van der Waals surface area contributed by atoms with Gasteiger partial charge in [-0.1, -0.05) is 11.6 Å². The second kappa shape index (κ2) is 4.07. The Kier molecular flexibility index (Phi) is 3.05. The molecular formula is C9H5ClFNO2. The van der Waals surface area contributed by atoms with Crippen molar-refractivity contribution in [3.05, 3.63) is 34.1 Å². The molecule has 3 nitrogen and oxygen atoms in total. The van der Waals surface area contributed by atoms with Gasteiger partial charge in [-0.15, -0.1) is 0 Å². The van der Waals surface area contributed by atoms with E-state index in [1.54, 1.807) is 6.07 Å². The lowest BCUT2D eigenvalue weighted by Gasteiger charge is -2.03. The minimum Gasteiger partial charge on any atom is -0.481 e. The summed E-state index contributed by atoms with van der Waals surface area (Å²) in [7, 11) is 0. The van der Waals surface area contributed by atoms with E-state index >= 15 is 0 Å². The molecule has 0 amide bonds. The molecule has 0 saturated heterocycles. The van der Waals surface area contributed by atoms with Crippen LogP contribution in [0.25, 0.3) is 0 Å². The Morgan fingerprint density at radius 2 is 2.29 bits per heavy atom. The van der Waals surface area contributed by atoms with E-state index in [2.05, 4.69) is 0 Å². The smallest absolute Gasteiger partial charge is 0.307 e. The van der Waals surface area contributed by atoms with Gasteiger partial charge < -0.3 is 5.11 Å². The lowest BCUT2D eigenvalue weighted by atomic mass is 10.1. The number of hydrogen-bond acceptors (Lipinski definition) is 2. The first-order valence-corrected chi connectivity index (χ1v) is 4.02. The van der Waals surface area contributed by atoms with E-state index in [0.717, 1.165) is 12.1 Å². The molecular weight excluding hydrogens is 209 g/mol. The Labute approximate surface area is 84.3 Å². The molecule has 14 heavy (non-hydrogen) atoms. The van der Waals surface area contributed by atoms with Crippen molar-refractivity contribution in [3.63, 3.8) is 0 Å². The summed E-state index contributed by atoms with van der Waals surface area (Å²) < 4.78 is 12.7. The fourth-order valence-corrected chi connectivity index (χ4v) is 1.31. The summed E-state index contributed by atoms with van der Waals surface area (Å²) in [5.41, 5.74) is 0.0977. The minimum atomic E-state index is -1.12. The van der Waals surface area contributed by atoms with Crippen LogP contribution in [0.5, 0.6) is 0 Å². The van der Waals surface area contributed by atoms with E-state index in [-0.39, 0.29) is 22.6 Å². The number of nitriles is 1. The molecule has 0 radical (unpaired) electrons. The Balaban J connectivity index is 3.27. The molecule has 5 heteroatoms. The molecule has 0 aromatic heterocycles. The van der Waals surface area contributed by atoms with Gasteiger partial charge in [-0.2, -0.15) is 5.26 Å². The van der Waals surface area contributed by atoms with Crippen LogP contribution in [-0.2, 0) is 11.2 Å². The number of hydrogen-bond donors (Lipinski definition) is 1. The first-order chi connectivity index (χ1) is 6.54. The lowest BCUT2D eigenvalue weighted by Crippen LogP contribution is -2.03. The second-order valence-corrected chi connectivity index (χ2v) is 3.00. The van der Waals surface area contributed by atoms with Crippen molar-refractivity contribution >= 4 is 17.6 Å². The second-order valence-electron chi connectivity index (χ2n) is 2.60. The highest BCUT2D eigenvalue weighted by Gasteiger charge is 2.12. The molecule has 0 atom stereocenters. The Hall–Kier alpha value is -1.60. The van der Waals surface area contributed by atoms with Gasteiger partial charge in [0.15, 0.2) is 0 Å². The van der Waals surface area contributed by atoms with E-state index in [1.807, 2.05) is 0 Å². The van der Waals surface area contributed by atoms with Gasteiger partial charge >= 0.3 is 5.97 Å². The molecule has 0 fully saturated rings. The molecule has 0 heterocycles. The maximum Gasteiger partial charge on any atom is 0.307 e. The summed E-state index contributed by atoms with van der Waals surface area (Å²) in [6.07, 6.45) is -0.387. The number of aliphatic carboxylic acids is 1. The average Bonchev–Trinajstić information content (AvgIpc) is 2.08. The Morgan fingerprint density at radius 3 is 2.79 bits per heavy atom. The summed E-state index contributed by atoms with van der Waals surface area (Å²) in [4.78, 5) is 10.4. The maximum atomic E-state index is 12.7. The Morgan fingerprint density at radius 1 is 1.64 bits per heavy atom. The van der Waals surface area contributed by atoms with Gasteiger partial charge in [-0.25, -0.2) is 4.39 Å². The molecule has 0 bridgehead atoms. The van der Waals surface area contributed by atoms with Crippen molar-refractivity contribution in [2.24, 2.45) is 0 Å². The van der Waals surface area contributed by atoms with Crippen LogP contribution in [0.15, 0.2) is 12.1 Å². The van der Waals surface area contributed by atoms with Crippen molar-refractivity contribution in [1.29, 1.82) is 5.26 Å². The highest BCUT2D eigenvalue weighted by molar-refractivity contribution is 6.31. The van der Waals surface area contributed by atoms with Crippen LogP contribution in [0.4, 0.5) is 4.39 Å². The van der Waals surface area contributed by atoms with Crippen molar-refractivity contribution in [3.8, 4) is 6.07 Å². The van der Waals surface area contributed by atoms with Gasteiger partial charge in [-0.05, 0) is 17.7 Å². The molecule has 0 unspecified atom stereocenters. The summed E-state index contributed by atoms with van der Waals surface area (Å²) >= 11 is 5.60. The largest absolute Gasteiger partial charge is 0.481 e. The molecule has 1 N–H and O–H groups in total. The number of benzene rings is 1. The maximum absolute atomic E-state index is 12.7. The number of rotatable bonds is 2. The molecule has 0 aliphatic heterocycles. The van der Waals surface area contributed by atoms with Gasteiger partial charge in [-0.3, -0.25) is 4.79 Å². The minimum absolute atomic E-state index is 0.0380. The summed E-state index contributed by atoms with van der Waals surface area (Å²) in [5, 5.41) is 17.1. The first kappa shape index (κ1) is 10.5. The molecule has 1 aromatic rings. The zero-order chi connectivity index (χ0) is 10.7. The van der Waals surface area contributed by atoms with Gasteiger partial charge in [0.25, 0.3) is 0 Å². The molecule has 1 aromatic carbocycles. The van der Waals surface area contributed by atoms with Crippen LogP contribution in [0.2, 0.25) is 5.02 Å². The highest BCUT2D eigenvalue weighted by atomic mass is 35.5. The fourth-order valence-electron chi connectivity index (χ4n) is 1.03. The summed E-state index contributed by atoms with van der Waals surface area (Å²) in [5.74, 6) is -1.77. The summed E-state index contributed by atoms with van der Waals surface area (Å²) in [6.45, 7) is 0. The molecule has 0 aliphatic carbocycles. The molecule has 1 rings (SSSR count). The van der Waals surface area contributed by atoms with E-state index in [1.165, 1.54) is 0 Å². The Bertz CT molecular complexity index is 426. The van der Waals surface area contributed by atoms with Crippen LogP contribution in [0, 0.1) is 17.1 Å². The van der Waals surface area contributed by atoms with Crippen LogP contribution in [0.1, 0.15) is 11.1 Å². The number of halogens is 2. The van der Waals surface area contributed by atoms with Crippen molar-refractivity contribution in [1.82, 2.24) is 0 Å². The van der Waals surface area contributed by atoms with Crippen LogP contribution in [-0.4, -0.2) is 11.1 Å². The predicted molar refractivity (Wildman–Crippen MR) is 47.5 cm³/mol. The van der Waals surface area contributed by atoms with E-state index in [4.69, 9.17) is 22.0 Å². The van der Waals surface area contributed by atoms with Crippen LogP contribution >= 0.6 is 11.6 Å². The lowest BCUT2D eigenvalue weighted by molar-refractivity contribution is -0.136.